The van der Waals surface area contributed by atoms with E-state index >= 15 is 0 Å². The Kier molecular flexibility index (Phi) is 3.99. The number of halogens is 1. The molecule has 1 heterocycles. The van der Waals surface area contributed by atoms with Gasteiger partial charge in [-0.05, 0) is 12.1 Å². The van der Waals surface area contributed by atoms with Crippen molar-refractivity contribution in [1.29, 1.82) is 0 Å². The first-order valence-electron chi connectivity index (χ1n) is 6.04. The first-order chi connectivity index (χ1) is 8.69. The minimum Gasteiger partial charge on any atom is -0.392 e. The first kappa shape index (κ1) is 13.1. The monoisotopic (exact) mass is 265 g/mol. The van der Waals surface area contributed by atoms with Crippen LogP contribution in [0.25, 0.3) is 5.69 Å². The lowest BCUT2D eigenvalue weighted by molar-refractivity contribution is 0.281. The maximum atomic E-state index is 9.39. The third kappa shape index (κ3) is 2.40. The normalized spacial score (nSPS) is 10.9. The van der Waals surface area contributed by atoms with E-state index in [-0.39, 0.29) is 6.61 Å². The van der Waals surface area contributed by atoms with Gasteiger partial charge in [0.2, 0.25) is 0 Å². The number of benzene rings is 1. The zero-order valence-electron chi connectivity index (χ0n) is 10.5. The molecule has 1 N–H and O–H groups in total. The average molecular weight is 266 g/mol. The molecule has 0 aliphatic heterocycles. The van der Waals surface area contributed by atoms with E-state index in [1.54, 1.807) is 16.8 Å². The summed E-state index contributed by atoms with van der Waals surface area (Å²) in [6.07, 6.45) is 1.57. The molecule has 1 aromatic carbocycles. The largest absolute Gasteiger partial charge is 0.392 e. The Morgan fingerprint density at radius 2 is 2.06 bits per heavy atom. The highest BCUT2D eigenvalue weighted by Gasteiger charge is 2.12. The average Bonchev–Trinajstić information content (AvgIpc) is 2.81. The smallest absolute Gasteiger partial charge is 0.151 e. The summed E-state index contributed by atoms with van der Waals surface area (Å²) in [5.41, 5.74) is 1.59. The van der Waals surface area contributed by atoms with Crippen LogP contribution in [0.4, 0.5) is 0 Å². The van der Waals surface area contributed by atoms with Crippen molar-refractivity contribution in [3.63, 3.8) is 0 Å². The quantitative estimate of drug-likeness (QED) is 0.924. The molecule has 0 unspecified atom stereocenters. The van der Waals surface area contributed by atoms with Crippen LogP contribution in [0.3, 0.4) is 0 Å². The molecule has 0 aliphatic rings. The van der Waals surface area contributed by atoms with Crippen LogP contribution in [0.15, 0.2) is 18.2 Å². The fourth-order valence-corrected chi connectivity index (χ4v) is 2.00. The maximum Gasteiger partial charge on any atom is 0.151 e. The molecule has 96 valence electrons. The van der Waals surface area contributed by atoms with E-state index in [0.717, 1.165) is 35.7 Å². The van der Waals surface area contributed by atoms with E-state index in [1.807, 2.05) is 19.9 Å². The second-order valence-corrected chi connectivity index (χ2v) is 4.43. The number of aliphatic hydroxyl groups is 1. The van der Waals surface area contributed by atoms with Crippen LogP contribution >= 0.6 is 11.6 Å². The van der Waals surface area contributed by atoms with Gasteiger partial charge >= 0.3 is 0 Å². The van der Waals surface area contributed by atoms with Crippen molar-refractivity contribution in [3.05, 3.63) is 40.4 Å². The number of aliphatic hydroxyl groups excluding tert-OH is 1. The zero-order valence-corrected chi connectivity index (χ0v) is 11.3. The lowest BCUT2D eigenvalue weighted by Gasteiger charge is -2.09. The van der Waals surface area contributed by atoms with Gasteiger partial charge in [-0.25, -0.2) is 9.67 Å². The van der Waals surface area contributed by atoms with Gasteiger partial charge in [0.05, 0.1) is 12.3 Å². The van der Waals surface area contributed by atoms with Crippen molar-refractivity contribution < 1.29 is 5.11 Å². The van der Waals surface area contributed by atoms with Crippen LogP contribution < -0.4 is 0 Å². The standard InChI is InChI=1S/C13H16ClN3O/c1-3-12-15-13(4-2)17(16-12)11-7-10(14)6-5-9(11)8-18/h5-7,18H,3-4,8H2,1-2H3. The molecule has 5 heteroatoms. The Morgan fingerprint density at radius 1 is 1.28 bits per heavy atom. The SMILES string of the molecule is CCc1nc(CC)n(-c2cc(Cl)ccc2CO)n1. The Bertz CT molecular complexity index is 551. The highest BCUT2D eigenvalue weighted by Crippen LogP contribution is 2.21. The molecule has 0 saturated carbocycles. The topological polar surface area (TPSA) is 50.9 Å². The second kappa shape index (κ2) is 5.50. The van der Waals surface area contributed by atoms with Crippen LogP contribution in [0.1, 0.15) is 31.1 Å². The predicted molar refractivity (Wildman–Crippen MR) is 71.0 cm³/mol. The molecule has 0 saturated heterocycles. The third-order valence-electron chi connectivity index (χ3n) is 2.80. The van der Waals surface area contributed by atoms with Gasteiger partial charge in [0.15, 0.2) is 5.82 Å². The lowest BCUT2D eigenvalue weighted by Crippen LogP contribution is -2.06. The number of rotatable bonds is 4. The van der Waals surface area contributed by atoms with E-state index < -0.39 is 0 Å². The summed E-state index contributed by atoms with van der Waals surface area (Å²) in [5, 5.41) is 14.5. The zero-order chi connectivity index (χ0) is 13.1. The molecule has 0 fully saturated rings. The highest BCUT2D eigenvalue weighted by molar-refractivity contribution is 6.30. The summed E-state index contributed by atoms with van der Waals surface area (Å²) in [6.45, 7) is 4.00. The van der Waals surface area contributed by atoms with Gasteiger partial charge in [-0.2, -0.15) is 5.10 Å². The van der Waals surface area contributed by atoms with Crippen LogP contribution in [0.5, 0.6) is 0 Å². The third-order valence-corrected chi connectivity index (χ3v) is 3.03. The molecule has 18 heavy (non-hydrogen) atoms. The van der Waals surface area contributed by atoms with Crippen LogP contribution in [0.2, 0.25) is 5.02 Å². The predicted octanol–water partition coefficient (Wildman–Crippen LogP) is 2.54. The summed E-state index contributed by atoms with van der Waals surface area (Å²) in [6, 6.07) is 5.38. The van der Waals surface area contributed by atoms with Gasteiger partial charge in [-0.3, -0.25) is 0 Å². The van der Waals surface area contributed by atoms with Gasteiger partial charge in [-0.1, -0.05) is 31.5 Å². The number of hydrogen-bond acceptors (Lipinski definition) is 3. The Morgan fingerprint density at radius 3 is 2.67 bits per heavy atom. The fraction of sp³-hybridized carbons (Fsp3) is 0.385. The van der Waals surface area contributed by atoms with Crippen molar-refractivity contribution in [2.45, 2.75) is 33.3 Å². The maximum absolute atomic E-state index is 9.39. The molecule has 0 atom stereocenters. The Hall–Kier alpha value is -1.39. The Labute approximate surface area is 111 Å². The minimum absolute atomic E-state index is 0.0447. The summed E-state index contributed by atoms with van der Waals surface area (Å²) < 4.78 is 1.77. The second-order valence-electron chi connectivity index (χ2n) is 3.99. The van der Waals surface area contributed by atoms with E-state index in [4.69, 9.17) is 11.6 Å². The summed E-state index contributed by atoms with van der Waals surface area (Å²) in [5.74, 6) is 1.68. The number of nitrogens with zero attached hydrogens (tertiary/aromatic N) is 3. The molecule has 2 aromatic rings. The van der Waals surface area contributed by atoms with Crippen molar-refractivity contribution in [2.24, 2.45) is 0 Å². The molecule has 0 bridgehead atoms. The molecule has 0 radical (unpaired) electrons. The molecular weight excluding hydrogens is 250 g/mol. The van der Waals surface area contributed by atoms with Gasteiger partial charge < -0.3 is 5.11 Å². The highest BCUT2D eigenvalue weighted by atomic mass is 35.5. The Balaban J connectivity index is 2.59. The number of hydrogen-bond donors (Lipinski definition) is 1. The van der Waals surface area contributed by atoms with Crippen LogP contribution in [0, 0.1) is 0 Å². The summed E-state index contributed by atoms with van der Waals surface area (Å²) in [4.78, 5) is 4.46. The van der Waals surface area contributed by atoms with Crippen molar-refractivity contribution >= 4 is 11.6 Å². The van der Waals surface area contributed by atoms with Crippen LogP contribution in [-0.2, 0) is 19.4 Å². The van der Waals surface area contributed by atoms with Crippen LogP contribution in [-0.4, -0.2) is 19.9 Å². The summed E-state index contributed by atoms with van der Waals surface area (Å²) in [7, 11) is 0. The fourth-order valence-electron chi connectivity index (χ4n) is 1.83. The van der Waals surface area contributed by atoms with Gasteiger partial charge in [-0.15, -0.1) is 0 Å². The van der Waals surface area contributed by atoms with Crippen molar-refractivity contribution in [3.8, 4) is 5.69 Å². The van der Waals surface area contributed by atoms with Gasteiger partial charge in [0.1, 0.15) is 5.82 Å². The lowest BCUT2D eigenvalue weighted by atomic mass is 10.2. The van der Waals surface area contributed by atoms with Gasteiger partial charge in [0, 0.05) is 23.4 Å². The van der Waals surface area contributed by atoms with E-state index in [2.05, 4.69) is 10.1 Å². The number of aryl methyl sites for hydroxylation is 2. The minimum atomic E-state index is -0.0447. The molecular formula is C13H16ClN3O. The van der Waals surface area contributed by atoms with E-state index in [0.29, 0.717) is 5.02 Å². The molecule has 1 aromatic heterocycles. The van der Waals surface area contributed by atoms with E-state index in [1.165, 1.54) is 0 Å². The molecule has 0 aliphatic carbocycles. The van der Waals surface area contributed by atoms with Gasteiger partial charge in [0.25, 0.3) is 0 Å². The van der Waals surface area contributed by atoms with Crippen molar-refractivity contribution in [1.82, 2.24) is 14.8 Å². The molecule has 4 nitrogen and oxygen atoms in total. The van der Waals surface area contributed by atoms with E-state index in [9.17, 15) is 5.11 Å². The van der Waals surface area contributed by atoms with Crippen molar-refractivity contribution in [2.75, 3.05) is 0 Å². The molecule has 2 rings (SSSR count). The first-order valence-corrected chi connectivity index (χ1v) is 6.41. The molecule has 0 amide bonds. The molecule has 0 spiro atoms. The summed E-state index contributed by atoms with van der Waals surface area (Å²) >= 11 is 6.02. The number of aromatic nitrogens is 3.